The second-order valence-corrected chi connectivity index (χ2v) is 5.82. The number of aliphatic carboxylic acids is 1. The first kappa shape index (κ1) is 17.5. The maximum Gasteiger partial charge on any atom is 0.303 e. The van der Waals surface area contributed by atoms with Crippen LogP contribution in [0.1, 0.15) is 46.0 Å². The van der Waals surface area contributed by atoms with Gasteiger partial charge < -0.3 is 14.9 Å². The van der Waals surface area contributed by atoms with E-state index in [0.717, 1.165) is 6.42 Å². The van der Waals surface area contributed by atoms with E-state index in [2.05, 4.69) is 0 Å². The van der Waals surface area contributed by atoms with Crippen LogP contribution in [0.25, 0.3) is 0 Å². The monoisotopic (exact) mass is 298 g/mol. The molecular weight excluding hydrogens is 272 g/mol. The predicted molar refractivity (Wildman–Crippen MR) is 78.7 cm³/mol. The average molecular weight is 298 g/mol. The predicted octanol–water partition coefficient (Wildman–Crippen LogP) is 1.35. The summed E-state index contributed by atoms with van der Waals surface area (Å²) in [5.74, 6) is -0.617. The molecule has 6 heteroatoms. The maximum atomic E-state index is 12.1. The van der Waals surface area contributed by atoms with Crippen molar-refractivity contribution in [1.29, 1.82) is 0 Å². The number of amides is 2. The molecule has 0 aromatic rings. The summed E-state index contributed by atoms with van der Waals surface area (Å²) < 4.78 is 0. The number of nitrogens with zero attached hydrogens (tertiary/aromatic N) is 2. The molecule has 1 saturated heterocycles. The van der Waals surface area contributed by atoms with Crippen LogP contribution in [0, 0.1) is 5.92 Å². The van der Waals surface area contributed by atoms with Crippen LogP contribution in [0.15, 0.2) is 0 Å². The molecular formula is C15H26N2O4. The Morgan fingerprint density at radius 2 is 1.52 bits per heavy atom. The zero-order valence-electron chi connectivity index (χ0n) is 13.0. The molecule has 1 aliphatic rings. The molecule has 1 fully saturated rings. The molecule has 120 valence electrons. The molecule has 6 nitrogen and oxygen atoms in total. The number of carbonyl (C=O) groups is 3. The Morgan fingerprint density at radius 1 is 0.952 bits per heavy atom. The summed E-state index contributed by atoms with van der Waals surface area (Å²) >= 11 is 0. The van der Waals surface area contributed by atoms with Crippen molar-refractivity contribution in [2.45, 2.75) is 46.0 Å². The molecule has 0 spiro atoms. The van der Waals surface area contributed by atoms with Crippen molar-refractivity contribution >= 4 is 17.8 Å². The van der Waals surface area contributed by atoms with Gasteiger partial charge in [0, 0.05) is 44.9 Å². The minimum Gasteiger partial charge on any atom is -0.481 e. The number of unbranched alkanes of at least 4 members (excludes halogenated alkanes) is 1. The first-order chi connectivity index (χ1) is 9.91. The van der Waals surface area contributed by atoms with Gasteiger partial charge in [-0.15, -0.1) is 0 Å². The molecule has 1 aliphatic heterocycles. The van der Waals surface area contributed by atoms with Crippen LogP contribution < -0.4 is 0 Å². The first-order valence-electron chi connectivity index (χ1n) is 7.70. The standard InChI is InChI=1S/C15H26N2O4/c1-12(2)15(21)17-9-5-8-16(10-11-17)13(18)6-3-4-7-14(19)20/h12H,3-11H2,1-2H3,(H,19,20). The van der Waals surface area contributed by atoms with Crippen LogP contribution in [-0.4, -0.2) is 58.9 Å². The van der Waals surface area contributed by atoms with Crippen molar-refractivity contribution in [1.82, 2.24) is 9.80 Å². The third kappa shape index (κ3) is 6.14. The van der Waals surface area contributed by atoms with Gasteiger partial charge in [-0.25, -0.2) is 0 Å². The summed E-state index contributed by atoms with van der Waals surface area (Å²) in [7, 11) is 0. The van der Waals surface area contributed by atoms with Gasteiger partial charge in [0.2, 0.25) is 11.8 Å². The fourth-order valence-electron chi connectivity index (χ4n) is 2.46. The van der Waals surface area contributed by atoms with Crippen LogP contribution in [0.4, 0.5) is 0 Å². The van der Waals surface area contributed by atoms with Gasteiger partial charge in [0.05, 0.1) is 0 Å². The summed E-state index contributed by atoms with van der Waals surface area (Å²) in [4.78, 5) is 38.1. The highest BCUT2D eigenvalue weighted by Gasteiger charge is 2.22. The molecule has 1 heterocycles. The van der Waals surface area contributed by atoms with Gasteiger partial charge in [0.1, 0.15) is 0 Å². The largest absolute Gasteiger partial charge is 0.481 e. The zero-order valence-corrected chi connectivity index (χ0v) is 13.0. The Morgan fingerprint density at radius 3 is 2.14 bits per heavy atom. The number of carboxylic acid groups (broad SMARTS) is 1. The Bertz CT molecular complexity index is 382. The normalized spacial score (nSPS) is 16.0. The van der Waals surface area contributed by atoms with E-state index in [1.54, 1.807) is 4.90 Å². The minimum atomic E-state index is -0.819. The molecule has 0 radical (unpaired) electrons. The highest BCUT2D eigenvalue weighted by molar-refractivity contribution is 5.79. The second kappa shape index (κ2) is 8.64. The van der Waals surface area contributed by atoms with Gasteiger partial charge in [-0.05, 0) is 19.3 Å². The van der Waals surface area contributed by atoms with Gasteiger partial charge in [-0.3, -0.25) is 14.4 Å². The third-order valence-corrected chi connectivity index (χ3v) is 3.69. The highest BCUT2D eigenvalue weighted by Crippen LogP contribution is 2.10. The van der Waals surface area contributed by atoms with Crippen molar-refractivity contribution in [2.24, 2.45) is 5.92 Å². The van der Waals surface area contributed by atoms with E-state index < -0.39 is 5.97 Å². The molecule has 0 atom stereocenters. The molecule has 0 aliphatic carbocycles. The van der Waals surface area contributed by atoms with Gasteiger partial charge in [-0.1, -0.05) is 13.8 Å². The van der Waals surface area contributed by atoms with E-state index in [9.17, 15) is 14.4 Å². The van der Waals surface area contributed by atoms with Crippen LogP contribution in [-0.2, 0) is 14.4 Å². The number of rotatable bonds is 6. The molecule has 0 aromatic heterocycles. The summed E-state index contributed by atoms with van der Waals surface area (Å²) in [5, 5.41) is 8.56. The minimum absolute atomic E-state index is 0.0109. The van der Waals surface area contributed by atoms with Crippen molar-refractivity contribution in [2.75, 3.05) is 26.2 Å². The SMILES string of the molecule is CC(C)C(=O)N1CCCN(C(=O)CCCCC(=O)O)CC1. The van der Waals surface area contributed by atoms with Crippen LogP contribution in [0.2, 0.25) is 0 Å². The second-order valence-electron chi connectivity index (χ2n) is 5.82. The number of carboxylic acids is 1. The molecule has 0 saturated carbocycles. The summed E-state index contributed by atoms with van der Waals surface area (Å²) in [6.07, 6.45) is 2.46. The van der Waals surface area contributed by atoms with Crippen LogP contribution >= 0.6 is 0 Å². The average Bonchev–Trinajstić information content (AvgIpc) is 2.68. The lowest BCUT2D eigenvalue weighted by atomic mass is 10.2. The lowest BCUT2D eigenvalue weighted by Gasteiger charge is -2.23. The van der Waals surface area contributed by atoms with Gasteiger partial charge in [0.25, 0.3) is 0 Å². The number of carbonyl (C=O) groups excluding carboxylic acids is 2. The van der Waals surface area contributed by atoms with E-state index in [4.69, 9.17) is 5.11 Å². The van der Waals surface area contributed by atoms with E-state index in [1.165, 1.54) is 0 Å². The molecule has 0 unspecified atom stereocenters. The smallest absolute Gasteiger partial charge is 0.303 e. The molecule has 1 N–H and O–H groups in total. The maximum absolute atomic E-state index is 12.1. The van der Waals surface area contributed by atoms with E-state index in [1.807, 2.05) is 18.7 Å². The van der Waals surface area contributed by atoms with Crippen molar-refractivity contribution in [3.05, 3.63) is 0 Å². The van der Waals surface area contributed by atoms with Crippen LogP contribution in [0.3, 0.4) is 0 Å². The highest BCUT2D eigenvalue weighted by atomic mass is 16.4. The fourth-order valence-corrected chi connectivity index (χ4v) is 2.46. The Kier molecular flexibility index (Phi) is 7.19. The number of hydrogen-bond donors (Lipinski definition) is 1. The quantitative estimate of drug-likeness (QED) is 0.751. The summed E-state index contributed by atoms with van der Waals surface area (Å²) in [6, 6.07) is 0. The Labute approximate surface area is 126 Å². The molecule has 21 heavy (non-hydrogen) atoms. The van der Waals surface area contributed by atoms with Gasteiger partial charge in [-0.2, -0.15) is 0 Å². The van der Waals surface area contributed by atoms with E-state index in [-0.39, 0.29) is 24.2 Å². The van der Waals surface area contributed by atoms with Gasteiger partial charge >= 0.3 is 5.97 Å². The lowest BCUT2D eigenvalue weighted by Crippen LogP contribution is -2.38. The molecule has 1 rings (SSSR count). The summed E-state index contributed by atoms with van der Waals surface area (Å²) in [5.41, 5.74) is 0. The first-order valence-corrected chi connectivity index (χ1v) is 7.70. The van der Waals surface area contributed by atoms with Gasteiger partial charge in [0.15, 0.2) is 0 Å². The Balaban J connectivity index is 2.35. The fraction of sp³-hybridized carbons (Fsp3) is 0.800. The summed E-state index contributed by atoms with van der Waals surface area (Å²) in [6.45, 7) is 6.34. The van der Waals surface area contributed by atoms with Crippen molar-refractivity contribution in [3.63, 3.8) is 0 Å². The third-order valence-electron chi connectivity index (χ3n) is 3.69. The topological polar surface area (TPSA) is 77.9 Å². The van der Waals surface area contributed by atoms with Crippen molar-refractivity contribution < 1.29 is 19.5 Å². The molecule has 2 amide bonds. The lowest BCUT2D eigenvalue weighted by molar-refractivity contribution is -0.137. The molecule has 0 bridgehead atoms. The van der Waals surface area contributed by atoms with Crippen LogP contribution in [0.5, 0.6) is 0 Å². The Hall–Kier alpha value is -1.59. The van der Waals surface area contributed by atoms with E-state index >= 15 is 0 Å². The zero-order chi connectivity index (χ0) is 15.8. The van der Waals surface area contributed by atoms with E-state index in [0.29, 0.717) is 45.4 Å². The molecule has 0 aromatic carbocycles. The van der Waals surface area contributed by atoms with Crippen molar-refractivity contribution in [3.8, 4) is 0 Å². The number of hydrogen-bond acceptors (Lipinski definition) is 3.